The second-order valence-corrected chi connectivity index (χ2v) is 11.0. The summed E-state index contributed by atoms with van der Waals surface area (Å²) in [6.07, 6.45) is 9.76. The molecule has 1 rings (SSSR count). The van der Waals surface area contributed by atoms with Gasteiger partial charge in [0.2, 0.25) is 0 Å². The van der Waals surface area contributed by atoms with E-state index in [-0.39, 0.29) is 43.5 Å². The number of unbranched alkanes of at least 4 members (excludes halogenated alkanes) is 5. The zero-order valence-corrected chi connectivity index (χ0v) is 25.5. The van der Waals surface area contributed by atoms with Crippen molar-refractivity contribution < 1.29 is 53.9 Å². The minimum atomic E-state index is -1.24. The lowest BCUT2D eigenvalue weighted by Crippen LogP contribution is -2.30. The average molecular weight is 633 g/mol. The number of hydrogen-bond donors (Lipinski definition) is 2. The van der Waals surface area contributed by atoms with Crippen molar-refractivity contribution in [1.82, 2.24) is 0 Å². The molecule has 0 heterocycles. The molecule has 1 aliphatic rings. The smallest absolute Gasteiger partial charge is 0.306 e. The molecule has 0 aliphatic heterocycles. The first-order chi connectivity index (χ1) is 21.0. The molecule has 44 heavy (non-hydrogen) atoms. The molecule has 0 aromatic carbocycles. The Bertz CT molecular complexity index is 914. The maximum atomic E-state index is 12.3. The number of nitrogens with zero attached hydrogens (tertiary/aromatic N) is 2. The minimum absolute atomic E-state index is 0.0180. The van der Waals surface area contributed by atoms with Crippen molar-refractivity contribution >= 4 is 17.7 Å². The number of aliphatic hydroxyl groups excluding tert-OH is 2. The van der Waals surface area contributed by atoms with E-state index in [1.807, 2.05) is 12.2 Å². The Kier molecular flexibility index (Phi) is 20.3. The minimum Gasteiger partial charge on any atom is -0.462 e. The van der Waals surface area contributed by atoms with Gasteiger partial charge >= 0.3 is 11.9 Å². The highest BCUT2D eigenvalue weighted by atomic mass is 17.0. The lowest BCUT2D eigenvalue weighted by Gasteiger charge is -2.22. The van der Waals surface area contributed by atoms with Gasteiger partial charge in [-0.25, -0.2) is 0 Å². The number of carbonyl (C=O) groups excluding carboxylic acids is 3. The molecule has 0 bridgehead atoms. The molecule has 1 aliphatic carbocycles. The van der Waals surface area contributed by atoms with E-state index in [2.05, 4.69) is 16.6 Å². The summed E-state index contributed by atoms with van der Waals surface area (Å²) < 4.78 is 10.1. The van der Waals surface area contributed by atoms with Gasteiger partial charge in [0.15, 0.2) is 6.10 Å². The number of ether oxygens (including phenoxy) is 2. The molecule has 5 atom stereocenters. The number of carbonyl (C=O) groups is 3. The number of hydrogen-bond acceptors (Lipinski definition) is 13. The molecule has 1 saturated carbocycles. The predicted molar refractivity (Wildman–Crippen MR) is 155 cm³/mol. The fraction of sp³-hybridized carbons (Fsp3) is 0.828. The van der Waals surface area contributed by atoms with Crippen molar-refractivity contribution in [2.45, 2.75) is 122 Å². The maximum absolute atomic E-state index is 12.3. The van der Waals surface area contributed by atoms with Crippen molar-refractivity contribution in [2.75, 3.05) is 19.8 Å². The van der Waals surface area contributed by atoms with Gasteiger partial charge in [-0.05, 0) is 56.8 Å². The van der Waals surface area contributed by atoms with Gasteiger partial charge in [-0.1, -0.05) is 44.8 Å². The summed E-state index contributed by atoms with van der Waals surface area (Å²) in [5.41, 5.74) is 0. The van der Waals surface area contributed by atoms with Crippen LogP contribution >= 0.6 is 0 Å². The summed E-state index contributed by atoms with van der Waals surface area (Å²) in [6.45, 7) is 0.694. The molecular formula is C29H48N2O13. The molecule has 252 valence electrons. The van der Waals surface area contributed by atoms with Crippen LogP contribution in [0.1, 0.15) is 103 Å². The van der Waals surface area contributed by atoms with Crippen LogP contribution in [0.2, 0.25) is 0 Å². The highest BCUT2D eigenvalue weighted by Crippen LogP contribution is 2.38. The van der Waals surface area contributed by atoms with Crippen molar-refractivity contribution in [3.8, 4) is 0 Å². The van der Waals surface area contributed by atoms with Gasteiger partial charge in [0.1, 0.15) is 19.0 Å². The Labute approximate surface area is 257 Å². The van der Waals surface area contributed by atoms with Crippen LogP contribution in [-0.4, -0.2) is 76.2 Å². The Morgan fingerprint density at radius 1 is 0.818 bits per heavy atom. The third-order valence-electron chi connectivity index (χ3n) is 7.48. The van der Waals surface area contributed by atoms with E-state index in [1.165, 1.54) is 6.42 Å². The molecule has 1 fully saturated rings. The van der Waals surface area contributed by atoms with E-state index < -0.39 is 53.6 Å². The molecule has 1 unspecified atom stereocenters. The average Bonchev–Trinajstić information content (AvgIpc) is 3.24. The summed E-state index contributed by atoms with van der Waals surface area (Å²) in [6, 6.07) is 0. The molecule has 0 saturated heterocycles. The molecule has 15 nitrogen and oxygen atoms in total. The van der Waals surface area contributed by atoms with E-state index in [1.54, 1.807) is 0 Å². The highest BCUT2D eigenvalue weighted by Gasteiger charge is 2.40. The third-order valence-corrected chi connectivity index (χ3v) is 7.48. The van der Waals surface area contributed by atoms with Crippen LogP contribution in [0.15, 0.2) is 12.2 Å². The Balaban J connectivity index is 2.36. The van der Waals surface area contributed by atoms with Gasteiger partial charge in [-0.2, -0.15) is 0 Å². The zero-order chi connectivity index (χ0) is 32.7. The van der Waals surface area contributed by atoms with E-state index in [0.717, 1.165) is 25.7 Å². The standard InChI is InChI=1S/C29H48N2O13/c1-2-3-4-5-8-12-22(32)16-17-25-24(26(33)19-27(25)34)13-9-6-7-10-14-28(35)41-20-23(21-43-31(39)40)44-29(36)15-11-18-42-30(37)38/h6,9,23-27,33-34H,2-5,7-8,10-21H2,1H3/b9-6-/t23?,24-,25-,26+,27-/m1/s1. The molecule has 15 heteroatoms. The van der Waals surface area contributed by atoms with Gasteiger partial charge in [-0.15, -0.1) is 20.2 Å². The first kappa shape index (κ1) is 38.7. The van der Waals surface area contributed by atoms with Crippen LogP contribution in [0.5, 0.6) is 0 Å². The van der Waals surface area contributed by atoms with Gasteiger partial charge in [0, 0.05) is 25.7 Å². The SMILES string of the molecule is CCCCCCCC(=O)CC[C@@H]1[C@@H](C/C=C\CCCC(=O)OCC(CO[N+](=O)[O-])OC(=O)CCCO[N+](=O)[O-])[C@@H](O)C[C@H]1O. The Morgan fingerprint density at radius 3 is 2.20 bits per heavy atom. The van der Waals surface area contributed by atoms with Crippen molar-refractivity contribution in [3.05, 3.63) is 32.4 Å². The van der Waals surface area contributed by atoms with Crippen LogP contribution in [0.4, 0.5) is 0 Å². The lowest BCUT2D eigenvalue weighted by atomic mass is 9.86. The molecule has 0 aromatic rings. The summed E-state index contributed by atoms with van der Waals surface area (Å²) in [5.74, 6) is -1.52. The third kappa shape index (κ3) is 18.4. The summed E-state index contributed by atoms with van der Waals surface area (Å²) in [5, 5.41) is 39.4. The quantitative estimate of drug-likeness (QED) is 0.0456. The fourth-order valence-corrected chi connectivity index (χ4v) is 5.14. The van der Waals surface area contributed by atoms with Crippen molar-refractivity contribution in [3.63, 3.8) is 0 Å². The van der Waals surface area contributed by atoms with Crippen LogP contribution < -0.4 is 0 Å². The predicted octanol–water partition coefficient (Wildman–Crippen LogP) is 3.82. The molecule has 0 spiro atoms. The Morgan fingerprint density at radius 2 is 1.50 bits per heavy atom. The van der Waals surface area contributed by atoms with Gasteiger partial charge in [0.05, 0.1) is 18.8 Å². The van der Waals surface area contributed by atoms with Gasteiger partial charge in [-0.3, -0.25) is 14.4 Å². The number of aliphatic hydroxyl groups is 2. The second kappa shape index (κ2) is 23.1. The number of ketones is 1. The van der Waals surface area contributed by atoms with Crippen LogP contribution in [-0.2, 0) is 33.5 Å². The van der Waals surface area contributed by atoms with Gasteiger partial charge in [0.25, 0.3) is 10.2 Å². The topological polar surface area (TPSA) is 215 Å². The monoisotopic (exact) mass is 632 g/mol. The first-order valence-corrected chi connectivity index (χ1v) is 15.5. The Hall–Kier alpha value is -3.33. The van der Waals surface area contributed by atoms with Crippen LogP contribution in [0, 0.1) is 32.1 Å². The van der Waals surface area contributed by atoms with Crippen molar-refractivity contribution in [1.29, 1.82) is 0 Å². The second-order valence-electron chi connectivity index (χ2n) is 11.0. The van der Waals surface area contributed by atoms with Crippen LogP contribution in [0.25, 0.3) is 0 Å². The summed E-state index contributed by atoms with van der Waals surface area (Å²) >= 11 is 0. The van der Waals surface area contributed by atoms with Crippen LogP contribution in [0.3, 0.4) is 0 Å². The number of allylic oxidation sites excluding steroid dienone is 2. The highest BCUT2D eigenvalue weighted by molar-refractivity contribution is 5.78. The normalized spacial score (nSPS) is 20.2. The van der Waals surface area contributed by atoms with E-state index >= 15 is 0 Å². The molecule has 0 aromatic heterocycles. The lowest BCUT2D eigenvalue weighted by molar-refractivity contribution is -0.759. The molecule has 2 N–H and O–H groups in total. The van der Waals surface area contributed by atoms with E-state index in [4.69, 9.17) is 9.47 Å². The van der Waals surface area contributed by atoms with E-state index in [9.17, 15) is 44.8 Å². The number of Topliss-reactive ketones (excluding diaryl/α,β-unsaturated/α-hetero) is 1. The van der Waals surface area contributed by atoms with Crippen molar-refractivity contribution in [2.24, 2.45) is 11.8 Å². The fourth-order valence-electron chi connectivity index (χ4n) is 5.14. The first-order valence-electron chi connectivity index (χ1n) is 15.5. The largest absolute Gasteiger partial charge is 0.462 e. The maximum Gasteiger partial charge on any atom is 0.306 e. The summed E-state index contributed by atoms with van der Waals surface area (Å²) in [7, 11) is 0. The zero-order valence-electron chi connectivity index (χ0n) is 25.5. The van der Waals surface area contributed by atoms with E-state index in [0.29, 0.717) is 44.9 Å². The molecule has 0 radical (unpaired) electrons. The van der Waals surface area contributed by atoms with Gasteiger partial charge < -0.3 is 29.4 Å². The summed E-state index contributed by atoms with van der Waals surface area (Å²) in [4.78, 5) is 65.2. The number of esters is 2. The number of rotatable bonds is 26. The molecule has 0 amide bonds. The molecular weight excluding hydrogens is 584 g/mol.